The number of benzene rings is 1. The maximum Gasteiger partial charge on any atom is 0.243 e. The molecule has 0 radical (unpaired) electrons. The van der Waals surface area contributed by atoms with Gasteiger partial charge >= 0.3 is 0 Å². The Bertz CT molecular complexity index is 737. The highest BCUT2D eigenvalue weighted by Gasteiger charge is 2.35. The molecule has 0 aromatic heterocycles. The van der Waals surface area contributed by atoms with E-state index in [-0.39, 0.29) is 23.4 Å². The average molecular weight is 413 g/mol. The van der Waals surface area contributed by atoms with Gasteiger partial charge in [0.05, 0.1) is 11.4 Å². The predicted octanol–water partition coefficient (Wildman–Crippen LogP) is 3.92. The van der Waals surface area contributed by atoms with Crippen LogP contribution in [0, 0.1) is 5.92 Å². The van der Waals surface area contributed by atoms with Gasteiger partial charge in [0, 0.05) is 24.2 Å². The van der Waals surface area contributed by atoms with Gasteiger partial charge < -0.3 is 4.90 Å². The SMILES string of the molecule is CC1CCN(C(=O)CN(C2CCCCC2)S(=O)(=O)c2ccc(Cl)cc2)CC1. The van der Waals surface area contributed by atoms with Gasteiger partial charge in [0.25, 0.3) is 0 Å². The van der Waals surface area contributed by atoms with Crippen LogP contribution < -0.4 is 0 Å². The third-order valence-corrected chi connectivity index (χ3v) is 7.99. The predicted molar refractivity (Wildman–Crippen MR) is 107 cm³/mol. The lowest BCUT2D eigenvalue weighted by molar-refractivity contribution is -0.133. The van der Waals surface area contributed by atoms with E-state index in [1.165, 1.54) is 16.4 Å². The standard InChI is InChI=1S/C20H29ClN2O3S/c1-16-11-13-22(14-12-16)20(24)15-23(18-5-3-2-4-6-18)27(25,26)19-9-7-17(21)8-10-19/h7-10,16,18H,2-6,11-15H2,1H3. The van der Waals surface area contributed by atoms with Gasteiger partial charge in [0.1, 0.15) is 0 Å². The van der Waals surface area contributed by atoms with Gasteiger partial charge in [-0.25, -0.2) is 8.42 Å². The molecule has 0 unspecified atom stereocenters. The second-order valence-corrected chi connectivity index (χ2v) is 10.2. The van der Waals surface area contributed by atoms with Crippen molar-refractivity contribution < 1.29 is 13.2 Å². The van der Waals surface area contributed by atoms with E-state index in [2.05, 4.69) is 6.92 Å². The van der Waals surface area contributed by atoms with Gasteiger partial charge in [-0.2, -0.15) is 4.31 Å². The second-order valence-electron chi connectivity index (χ2n) is 7.86. The summed E-state index contributed by atoms with van der Waals surface area (Å²) in [7, 11) is -3.73. The Morgan fingerprint density at radius 3 is 2.26 bits per heavy atom. The van der Waals surface area contributed by atoms with Crippen LogP contribution in [-0.4, -0.2) is 49.2 Å². The summed E-state index contributed by atoms with van der Waals surface area (Å²) in [6.07, 6.45) is 6.75. The molecule has 2 fully saturated rings. The summed E-state index contributed by atoms with van der Waals surface area (Å²) < 4.78 is 28.1. The maximum atomic E-state index is 13.3. The molecule has 0 spiro atoms. The molecule has 27 heavy (non-hydrogen) atoms. The third kappa shape index (κ3) is 5.04. The molecule has 1 amide bonds. The molecule has 1 aliphatic heterocycles. The Balaban J connectivity index is 1.82. The van der Waals surface area contributed by atoms with Gasteiger partial charge in [0.2, 0.25) is 15.9 Å². The number of carbonyl (C=O) groups excluding carboxylic acids is 1. The fraction of sp³-hybridized carbons (Fsp3) is 0.650. The van der Waals surface area contributed by atoms with Crippen LogP contribution >= 0.6 is 11.6 Å². The lowest BCUT2D eigenvalue weighted by atomic mass is 9.95. The van der Waals surface area contributed by atoms with Crippen molar-refractivity contribution >= 4 is 27.5 Å². The van der Waals surface area contributed by atoms with E-state index in [0.717, 1.165) is 58.0 Å². The number of rotatable bonds is 5. The first-order valence-electron chi connectivity index (χ1n) is 9.93. The first-order valence-corrected chi connectivity index (χ1v) is 11.7. The molecular weight excluding hydrogens is 384 g/mol. The highest BCUT2D eigenvalue weighted by molar-refractivity contribution is 7.89. The molecular formula is C20H29ClN2O3S. The van der Waals surface area contributed by atoms with Crippen molar-refractivity contribution in [2.45, 2.75) is 62.8 Å². The van der Waals surface area contributed by atoms with E-state index in [0.29, 0.717) is 10.9 Å². The van der Waals surface area contributed by atoms with Crippen molar-refractivity contribution in [2.24, 2.45) is 5.92 Å². The van der Waals surface area contributed by atoms with Crippen molar-refractivity contribution in [1.29, 1.82) is 0 Å². The summed E-state index contributed by atoms with van der Waals surface area (Å²) in [4.78, 5) is 14.9. The molecule has 0 atom stereocenters. The van der Waals surface area contributed by atoms with E-state index in [4.69, 9.17) is 11.6 Å². The van der Waals surface area contributed by atoms with E-state index in [9.17, 15) is 13.2 Å². The molecule has 3 rings (SSSR count). The van der Waals surface area contributed by atoms with Crippen LogP contribution in [0.1, 0.15) is 51.9 Å². The zero-order valence-electron chi connectivity index (χ0n) is 15.9. The Kier molecular flexibility index (Phi) is 6.82. The van der Waals surface area contributed by atoms with Crippen molar-refractivity contribution in [3.05, 3.63) is 29.3 Å². The molecule has 1 saturated carbocycles. The van der Waals surface area contributed by atoms with Crippen molar-refractivity contribution in [2.75, 3.05) is 19.6 Å². The summed E-state index contributed by atoms with van der Waals surface area (Å²) >= 11 is 5.92. The fourth-order valence-electron chi connectivity index (χ4n) is 4.01. The summed E-state index contributed by atoms with van der Waals surface area (Å²) in [5.41, 5.74) is 0. The lowest BCUT2D eigenvalue weighted by Gasteiger charge is -2.36. The van der Waals surface area contributed by atoms with Crippen molar-refractivity contribution in [3.8, 4) is 0 Å². The normalized spacial score (nSPS) is 20.2. The maximum absolute atomic E-state index is 13.3. The number of amides is 1. The number of halogens is 1. The summed E-state index contributed by atoms with van der Waals surface area (Å²) in [6.45, 7) is 3.57. The Hall–Kier alpha value is -1.11. The van der Waals surface area contributed by atoms with Crippen molar-refractivity contribution in [3.63, 3.8) is 0 Å². The fourth-order valence-corrected chi connectivity index (χ4v) is 5.77. The molecule has 2 aliphatic rings. The average Bonchev–Trinajstić information content (AvgIpc) is 2.67. The number of sulfonamides is 1. The van der Waals surface area contributed by atoms with Gasteiger partial charge in [-0.15, -0.1) is 0 Å². The molecule has 7 heteroatoms. The van der Waals surface area contributed by atoms with E-state index in [1.54, 1.807) is 12.1 Å². The lowest BCUT2D eigenvalue weighted by Crippen LogP contribution is -2.49. The molecule has 0 N–H and O–H groups in total. The molecule has 150 valence electrons. The van der Waals surface area contributed by atoms with Crippen molar-refractivity contribution in [1.82, 2.24) is 9.21 Å². The van der Waals surface area contributed by atoms with E-state index < -0.39 is 10.0 Å². The molecule has 5 nitrogen and oxygen atoms in total. The van der Waals surface area contributed by atoms with E-state index in [1.807, 2.05) is 4.90 Å². The number of nitrogens with zero attached hydrogens (tertiary/aromatic N) is 2. The molecule has 1 aromatic rings. The van der Waals surface area contributed by atoms with Gasteiger partial charge in [-0.3, -0.25) is 4.79 Å². The van der Waals surface area contributed by atoms with Crippen LogP contribution in [0.2, 0.25) is 5.02 Å². The highest BCUT2D eigenvalue weighted by atomic mass is 35.5. The number of hydrogen-bond donors (Lipinski definition) is 0. The molecule has 0 bridgehead atoms. The number of carbonyl (C=O) groups is 1. The van der Waals surface area contributed by atoms with Crippen LogP contribution in [0.4, 0.5) is 0 Å². The molecule has 1 aliphatic carbocycles. The number of piperidine rings is 1. The Morgan fingerprint density at radius 2 is 1.67 bits per heavy atom. The molecule has 1 saturated heterocycles. The number of hydrogen-bond acceptors (Lipinski definition) is 3. The van der Waals surface area contributed by atoms with Gasteiger partial charge in [-0.1, -0.05) is 37.8 Å². The van der Waals surface area contributed by atoms with Crippen LogP contribution in [0.5, 0.6) is 0 Å². The Labute approximate surface area is 167 Å². The van der Waals surface area contributed by atoms with E-state index >= 15 is 0 Å². The van der Waals surface area contributed by atoms with Crippen LogP contribution in [0.15, 0.2) is 29.2 Å². The third-order valence-electron chi connectivity index (χ3n) is 5.83. The van der Waals surface area contributed by atoms with Crippen LogP contribution in [-0.2, 0) is 14.8 Å². The monoisotopic (exact) mass is 412 g/mol. The van der Waals surface area contributed by atoms with Crippen LogP contribution in [0.3, 0.4) is 0 Å². The summed E-state index contributed by atoms with van der Waals surface area (Å²) in [5, 5.41) is 0.497. The smallest absolute Gasteiger partial charge is 0.243 e. The zero-order chi connectivity index (χ0) is 19.4. The largest absolute Gasteiger partial charge is 0.342 e. The minimum absolute atomic E-state index is 0.0655. The topological polar surface area (TPSA) is 57.7 Å². The van der Waals surface area contributed by atoms with Gasteiger partial charge in [0.15, 0.2) is 0 Å². The number of likely N-dealkylation sites (tertiary alicyclic amines) is 1. The quantitative estimate of drug-likeness (QED) is 0.736. The molecule has 1 aromatic carbocycles. The molecule has 1 heterocycles. The minimum Gasteiger partial charge on any atom is -0.342 e. The first-order chi connectivity index (χ1) is 12.9. The second kappa shape index (κ2) is 8.93. The minimum atomic E-state index is -3.73. The highest BCUT2D eigenvalue weighted by Crippen LogP contribution is 2.29. The van der Waals surface area contributed by atoms with Crippen LogP contribution in [0.25, 0.3) is 0 Å². The zero-order valence-corrected chi connectivity index (χ0v) is 17.5. The summed E-state index contributed by atoms with van der Waals surface area (Å²) in [5.74, 6) is 0.548. The van der Waals surface area contributed by atoms with Gasteiger partial charge in [-0.05, 0) is 55.9 Å². The Morgan fingerprint density at radius 1 is 1.07 bits per heavy atom. The first kappa shape index (κ1) is 20.6. The summed E-state index contributed by atoms with van der Waals surface area (Å²) in [6, 6.07) is 6.12.